The molecular weight excluding hydrogens is 252 g/mol. The van der Waals surface area contributed by atoms with Crippen LogP contribution < -0.4 is 11.1 Å². The van der Waals surface area contributed by atoms with Crippen molar-refractivity contribution in [2.24, 2.45) is 5.73 Å². The molecule has 3 atom stereocenters. The van der Waals surface area contributed by atoms with Gasteiger partial charge in [0.15, 0.2) is 9.84 Å². The molecule has 1 saturated carbocycles. The summed E-state index contributed by atoms with van der Waals surface area (Å²) in [7, 11) is -3.10. The molecule has 0 aromatic heterocycles. The molecule has 6 heteroatoms. The first-order valence-corrected chi connectivity index (χ1v) is 8.62. The summed E-state index contributed by atoms with van der Waals surface area (Å²) in [6, 6.07) is 0.126. The van der Waals surface area contributed by atoms with Crippen LogP contribution in [0.1, 0.15) is 39.0 Å². The molecule has 4 N–H and O–H groups in total. The molecule has 0 heterocycles. The van der Waals surface area contributed by atoms with Gasteiger partial charge in [-0.15, -0.1) is 0 Å². The number of hydrogen-bond donors (Lipinski definition) is 3. The van der Waals surface area contributed by atoms with Gasteiger partial charge >= 0.3 is 0 Å². The standard InChI is InChI=1S/C12H26N2O3S/c1-3-10(6-8-15)14-12(9-13)7-4-5-11(12)18(2,16)17/h10-11,14-15H,3-9,13H2,1-2H3. The molecule has 0 bridgehead atoms. The van der Waals surface area contributed by atoms with Crippen molar-refractivity contribution in [2.45, 2.75) is 55.9 Å². The highest BCUT2D eigenvalue weighted by atomic mass is 32.2. The fourth-order valence-electron chi connectivity index (χ4n) is 3.06. The van der Waals surface area contributed by atoms with E-state index >= 15 is 0 Å². The molecule has 5 nitrogen and oxygen atoms in total. The summed E-state index contributed by atoms with van der Waals surface area (Å²) >= 11 is 0. The Bertz CT molecular complexity index is 358. The van der Waals surface area contributed by atoms with E-state index in [0.717, 1.165) is 19.3 Å². The van der Waals surface area contributed by atoms with E-state index in [1.165, 1.54) is 6.26 Å². The van der Waals surface area contributed by atoms with Gasteiger partial charge in [-0.05, 0) is 25.7 Å². The van der Waals surface area contributed by atoms with Crippen molar-refractivity contribution in [3.05, 3.63) is 0 Å². The number of sulfone groups is 1. The van der Waals surface area contributed by atoms with Crippen LogP contribution in [-0.2, 0) is 9.84 Å². The quantitative estimate of drug-likeness (QED) is 0.611. The fraction of sp³-hybridized carbons (Fsp3) is 1.00. The van der Waals surface area contributed by atoms with Gasteiger partial charge in [-0.3, -0.25) is 0 Å². The lowest BCUT2D eigenvalue weighted by Gasteiger charge is -2.38. The van der Waals surface area contributed by atoms with Gasteiger partial charge in [0.1, 0.15) is 0 Å². The molecule has 3 unspecified atom stereocenters. The number of rotatable bonds is 7. The van der Waals surface area contributed by atoms with E-state index in [2.05, 4.69) is 5.32 Å². The van der Waals surface area contributed by atoms with Crippen molar-refractivity contribution < 1.29 is 13.5 Å². The van der Waals surface area contributed by atoms with Gasteiger partial charge in [0.05, 0.1) is 5.25 Å². The Balaban J connectivity index is 2.90. The Hall–Kier alpha value is -0.170. The van der Waals surface area contributed by atoms with Crippen molar-refractivity contribution in [3.8, 4) is 0 Å². The summed E-state index contributed by atoms with van der Waals surface area (Å²) in [5.74, 6) is 0. The summed E-state index contributed by atoms with van der Waals surface area (Å²) < 4.78 is 23.8. The Morgan fingerprint density at radius 3 is 2.67 bits per heavy atom. The normalized spacial score (nSPS) is 30.6. The first kappa shape index (κ1) is 15.9. The lowest BCUT2D eigenvalue weighted by Crippen LogP contribution is -2.61. The highest BCUT2D eigenvalue weighted by Gasteiger charge is 2.47. The molecule has 0 aromatic carbocycles. The van der Waals surface area contributed by atoms with E-state index in [4.69, 9.17) is 10.8 Å². The minimum atomic E-state index is -3.10. The lowest BCUT2D eigenvalue weighted by atomic mass is 9.94. The van der Waals surface area contributed by atoms with Crippen LogP contribution in [0.4, 0.5) is 0 Å². The van der Waals surface area contributed by atoms with E-state index in [0.29, 0.717) is 19.4 Å². The molecule has 18 heavy (non-hydrogen) atoms. The second-order valence-electron chi connectivity index (χ2n) is 5.33. The Morgan fingerprint density at radius 2 is 2.22 bits per heavy atom. The largest absolute Gasteiger partial charge is 0.396 e. The maximum atomic E-state index is 11.9. The van der Waals surface area contributed by atoms with Crippen LogP contribution in [0.15, 0.2) is 0 Å². The Kier molecular flexibility index (Phi) is 5.58. The van der Waals surface area contributed by atoms with Crippen LogP contribution in [-0.4, -0.2) is 49.8 Å². The monoisotopic (exact) mass is 278 g/mol. The highest BCUT2D eigenvalue weighted by molar-refractivity contribution is 7.91. The van der Waals surface area contributed by atoms with Gasteiger partial charge in [-0.25, -0.2) is 8.42 Å². The van der Waals surface area contributed by atoms with E-state index in [-0.39, 0.29) is 12.6 Å². The van der Waals surface area contributed by atoms with Gasteiger partial charge in [-0.1, -0.05) is 13.3 Å². The zero-order chi connectivity index (χ0) is 13.8. The first-order valence-electron chi connectivity index (χ1n) is 6.67. The average Bonchev–Trinajstić information content (AvgIpc) is 2.72. The van der Waals surface area contributed by atoms with Crippen molar-refractivity contribution in [2.75, 3.05) is 19.4 Å². The van der Waals surface area contributed by atoms with Crippen molar-refractivity contribution in [3.63, 3.8) is 0 Å². The smallest absolute Gasteiger partial charge is 0.152 e. The average molecular weight is 278 g/mol. The van der Waals surface area contributed by atoms with E-state index in [1.54, 1.807) is 0 Å². The van der Waals surface area contributed by atoms with E-state index < -0.39 is 20.6 Å². The predicted octanol–water partition coefficient (Wildman–Crippen LogP) is 0.0316. The third kappa shape index (κ3) is 3.44. The topological polar surface area (TPSA) is 92.4 Å². The summed E-state index contributed by atoms with van der Waals surface area (Å²) in [6.07, 6.45) is 5.15. The molecule has 0 radical (unpaired) electrons. The molecular formula is C12H26N2O3S. The zero-order valence-corrected chi connectivity index (χ0v) is 12.2. The zero-order valence-electron chi connectivity index (χ0n) is 11.4. The van der Waals surface area contributed by atoms with Gasteiger partial charge in [-0.2, -0.15) is 0 Å². The minimum absolute atomic E-state index is 0.107. The molecule has 1 aliphatic rings. The Morgan fingerprint density at radius 1 is 1.56 bits per heavy atom. The Labute approximate surface area is 110 Å². The number of hydrogen-bond acceptors (Lipinski definition) is 5. The number of aliphatic hydroxyl groups excluding tert-OH is 1. The van der Waals surface area contributed by atoms with Crippen LogP contribution in [0.3, 0.4) is 0 Å². The molecule has 1 fully saturated rings. The van der Waals surface area contributed by atoms with Crippen molar-refractivity contribution >= 4 is 9.84 Å². The third-order valence-electron chi connectivity index (χ3n) is 4.05. The number of nitrogens with one attached hydrogen (secondary N) is 1. The van der Waals surface area contributed by atoms with Gasteiger partial charge < -0.3 is 16.2 Å². The van der Waals surface area contributed by atoms with Crippen LogP contribution in [0, 0.1) is 0 Å². The lowest BCUT2D eigenvalue weighted by molar-refractivity contribution is 0.228. The highest BCUT2D eigenvalue weighted by Crippen LogP contribution is 2.35. The van der Waals surface area contributed by atoms with Crippen molar-refractivity contribution in [1.82, 2.24) is 5.32 Å². The minimum Gasteiger partial charge on any atom is -0.396 e. The summed E-state index contributed by atoms with van der Waals surface area (Å²) in [6.45, 7) is 2.46. The molecule has 0 spiro atoms. The van der Waals surface area contributed by atoms with Crippen LogP contribution >= 0.6 is 0 Å². The van der Waals surface area contributed by atoms with Crippen LogP contribution in [0.5, 0.6) is 0 Å². The predicted molar refractivity (Wildman–Crippen MR) is 73.2 cm³/mol. The number of aliphatic hydroxyl groups is 1. The van der Waals surface area contributed by atoms with Gasteiger partial charge in [0.25, 0.3) is 0 Å². The molecule has 0 aromatic rings. The molecule has 1 aliphatic carbocycles. The van der Waals surface area contributed by atoms with E-state index in [1.807, 2.05) is 6.92 Å². The molecule has 0 aliphatic heterocycles. The molecule has 0 amide bonds. The van der Waals surface area contributed by atoms with Crippen LogP contribution in [0.25, 0.3) is 0 Å². The maximum absolute atomic E-state index is 11.9. The molecule has 1 rings (SSSR count). The van der Waals surface area contributed by atoms with Crippen molar-refractivity contribution in [1.29, 1.82) is 0 Å². The second-order valence-corrected chi connectivity index (χ2v) is 7.56. The number of nitrogens with two attached hydrogens (primary N) is 1. The van der Waals surface area contributed by atoms with Gasteiger partial charge in [0.2, 0.25) is 0 Å². The maximum Gasteiger partial charge on any atom is 0.152 e. The summed E-state index contributed by atoms with van der Waals surface area (Å²) in [5.41, 5.74) is 5.36. The fourth-order valence-corrected chi connectivity index (χ4v) is 4.76. The first-order chi connectivity index (χ1) is 8.39. The SMILES string of the molecule is CCC(CCO)NC1(CN)CCCC1S(C)(=O)=O. The summed E-state index contributed by atoms with van der Waals surface area (Å²) in [4.78, 5) is 0. The van der Waals surface area contributed by atoms with Crippen LogP contribution in [0.2, 0.25) is 0 Å². The third-order valence-corrected chi connectivity index (χ3v) is 5.77. The second kappa shape index (κ2) is 6.32. The molecule has 108 valence electrons. The molecule has 0 saturated heterocycles. The van der Waals surface area contributed by atoms with Gasteiger partial charge in [0, 0.05) is 31.0 Å². The summed E-state index contributed by atoms with van der Waals surface area (Å²) in [5, 5.41) is 12.1. The van der Waals surface area contributed by atoms with E-state index in [9.17, 15) is 8.42 Å².